The molecule has 0 aromatic rings. The summed E-state index contributed by atoms with van der Waals surface area (Å²) < 4.78 is 0. The van der Waals surface area contributed by atoms with Crippen molar-refractivity contribution in [1.82, 2.24) is 5.32 Å². The lowest BCUT2D eigenvalue weighted by Crippen LogP contribution is -2.58. The molecule has 4 unspecified atom stereocenters. The van der Waals surface area contributed by atoms with Gasteiger partial charge in [0.1, 0.15) is 0 Å². The van der Waals surface area contributed by atoms with Gasteiger partial charge in [-0.15, -0.1) is 0 Å². The van der Waals surface area contributed by atoms with Crippen LogP contribution in [0.2, 0.25) is 0 Å². The van der Waals surface area contributed by atoms with Gasteiger partial charge in [-0.25, -0.2) is 0 Å². The lowest BCUT2D eigenvalue weighted by molar-refractivity contribution is 0.111. The zero-order chi connectivity index (χ0) is 12.4. The van der Waals surface area contributed by atoms with E-state index in [0.717, 1.165) is 38.5 Å². The Kier molecular flexibility index (Phi) is 5.31. The van der Waals surface area contributed by atoms with E-state index in [1.165, 1.54) is 0 Å². The number of hydrogen-bond acceptors (Lipinski definition) is 3. The highest BCUT2D eigenvalue weighted by molar-refractivity contribution is 9.12. The Morgan fingerprint density at radius 2 is 1.65 bits per heavy atom. The molecule has 4 atom stereocenters. The Bertz CT molecular complexity index is 247. The van der Waals surface area contributed by atoms with Crippen LogP contribution >= 0.6 is 31.9 Å². The van der Waals surface area contributed by atoms with Crippen molar-refractivity contribution in [2.75, 3.05) is 0 Å². The van der Waals surface area contributed by atoms with Crippen LogP contribution in [0.1, 0.15) is 38.5 Å². The van der Waals surface area contributed by atoms with Crippen LogP contribution in [0.5, 0.6) is 0 Å². The van der Waals surface area contributed by atoms with Crippen molar-refractivity contribution < 1.29 is 5.11 Å². The van der Waals surface area contributed by atoms with Gasteiger partial charge in [0.05, 0.1) is 6.10 Å². The summed E-state index contributed by atoms with van der Waals surface area (Å²) >= 11 is 7.35. The first-order chi connectivity index (χ1) is 8.08. The molecule has 2 saturated carbocycles. The van der Waals surface area contributed by atoms with E-state index in [-0.39, 0.29) is 12.1 Å². The summed E-state index contributed by atoms with van der Waals surface area (Å²) in [5.74, 6) is 0. The molecule has 0 radical (unpaired) electrons. The number of aliphatic hydroxyl groups is 1. The lowest BCUT2D eigenvalue weighted by atomic mass is 9.87. The van der Waals surface area contributed by atoms with Crippen molar-refractivity contribution in [1.29, 1.82) is 0 Å². The first-order valence-electron chi connectivity index (χ1n) is 6.55. The number of nitrogens with two attached hydrogens (primary N) is 1. The Balaban J connectivity index is 1.82. The molecule has 0 bridgehead atoms. The van der Waals surface area contributed by atoms with Crippen LogP contribution in [0.3, 0.4) is 0 Å². The fourth-order valence-electron chi connectivity index (χ4n) is 2.89. The third-order valence-electron chi connectivity index (χ3n) is 4.08. The van der Waals surface area contributed by atoms with Crippen LogP contribution < -0.4 is 11.1 Å². The normalized spacial score (nSPS) is 48.0. The number of nitrogens with one attached hydrogen (secondary N) is 1. The van der Waals surface area contributed by atoms with Crippen LogP contribution in [0.15, 0.2) is 0 Å². The van der Waals surface area contributed by atoms with Crippen LogP contribution in [0, 0.1) is 0 Å². The number of aliphatic hydroxyl groups excluding tert-OH is 1. The van der Waals surface area contributed by atoms with E-state index in [9.17, 15) is 5.11 Å². The van der Waals surface area contributed by atoms with E-state index in [0.29, 0.717) is 21.7 Å². The van der Waals surface area contributed by atoms with Crippen LogP contribution in [-0.4, -0.2) is 39.0 Å². The topological polar surface area (TPSA) is 58.3 Å². The van der Waals surface area contributed by atoms with Gasteiger partial charge in [-0.05, 0) is 38.5 Å². The number of rotatable bonds is 2. The Morgan fingerprint density at radius 3 is 2.29 bits per heavy atom. The molecule has 0 aliphatic heterocycles. The highest BCUT2D eigenvalue weighted by Gasteiger charge is 2.35. The van der Waals surface area contributed by atoms with E-state index < -0.39 is 0 Å². The Morgan fingerprint density at radius 1 is 1.00 bits per heavy atom. The molecule has 0 heterocycles. The van der Waals surface area contributed by atoms with Gasteiger partial charge in [0.25, 0.3) is 0 Å². The molecule has 100 valence electrons. The summed E-state index contributed by atoms with van der Waals surface area (Å²) in [5, 5.41) is 13.2. The maximum atomic E-state index is 9.50. The van der Waals surface area contributed by atoms with E-state index in [2.05, 4.69) is 37.2 Å². The largest absolute Gasteiger partial charge is 0.393 e. The molecule has 5 heteroatoms. The van der Waals surface area contributed by atoms with Crippen molar-refractivity contribution in [2.24, 2.45) is 5.73 Å². The molecular weight excluding hydrogens is 348 g/mol. The van der Waals surface area contributed by atoms with Gasteiger partial charge >= 0.3 is 0 Å². The van der Waals surface area contributed by atoms with Gasteiger partial charge in [-0.1, -0.05) is 31.9 Å². The molecule has 0 saturated heterocycles. The van der Waals surface area contributed by atoms with E-state index in [4.69, 9.17) is 5.73 Å². The molecule has 17 heavy (non-hydrogen) atoms. The van der Waals surface area contributed by atoms with Gasteiger partial charge in [-0.3, -0.25) is 0 Å². The molecule has 0 aromatic heterocycles. The number of hydrogen-bond donors (Lipinski definition) is 3. The molecule has 0 amide bonds. The summed E-state index contributed by atoms with van der Waals surface area (Å²) in [7, 11) is 0. The summed E-state index contributed by atoms with van der Waals surface area (Å²) in [6, 6.07) is 1.12. The van der Waals surface area contributed by atoms with E-state index in [1.807, 2.05) is 0 Å². The van der Waals surface area contributed by atoms with Crippen molar-refractivity contribution in [3.05, 3.63) is 0 Å². The predicted octanol–water partition coefficient (Wildman–Crippen LogP) is 1.90. The molecule has 0 spiro atoms. The number of halogens is 2. The monoisotopic (exact) mass is 368 g/mol. The highest BCUT2D eigenvalue weighted by atomic mass is 79.9. The first kappa shape index (κ1) is 14.3. The minimum atomic E-state index is -0.0797. The van der Waals surface area contributed by atoms with Crippen LogP contribution in [0.4, 0.5) is 0 Å². The summed E-state index contributed by atoms with van der Waals surface area (Å²) in [6.45, 7) is 0. The smallest absolute Gasteiger partial charge is 0.0541 e. The Hall–Kier alpha value is 0.840. The van der Waals surface area contributed by atoms with Gasteiger partial charge in [-0.2, -0.15) is 0 Å². The van der Waals surface area contributed by atoms with Crippen LogP contribution in [-0.2, 0) is 0 Å². The van der Waals surface area contributed by atoms with E-state index >= 15 is 0 Å². The van der Waals surface area contributed by atoms with Crippen LogP contribution in [0.25, 0.3) is 0 Å². The lowest BCUT2D eigenvalue weighted by Gasteiger charge is -2.39. The quantitative estimate of drug-likeness (QED) is 0.651. The second kappa shape index (κ2) is 6.33. The molecule has 2 rings (SSSR count). The Labute approximate surface area is 120 Å². The van der Waals surface area contributed by atoms with Gasteiger partial charge in [0.15, 0.2) is 0 Å². The second-order valence-electron chi connectivity index (χ2n) is 5.39. The standard InChI is InChI=1S/C12H22Br2N2O/c13-9-5-6-10(12(15)11(9)14)16-7-1-3-8(17)4-2-7/h7-12,16-17H,1-6,15H2. The summed E-state index contributed by atoms with van der Waals surface area (Å²) in [4.78, 5) is 0.839. The highest BCUT2D eigenvalue weighted by Crippen LogP contribution is 2.30. The third-order valence-corrected chi connectivity index (χ3v) is 7.06. The first-order valence-corrected chi connectivity index (χ1v) is 8.39. The average molecular weight is 370 g/mol. The molecule has 4 N–H and O–H groups in total. The zero-order valence-corrected chi connectivity index (χ0v) is 13.2. The molecule has 2 fully saturated rings. The van der Waals surface area contributed by atoms with Gasteiger partial charge in [0, 0.05) is 27.8 Å². The fraction of sp³-hybridized carbons (Fsp3) is 1.00. The molecule has 2 aliphatic carbocycles. The van der Waals surface area contributed by atoms with Crippen molar-refractivity contribution in [3.63, 3.8) is 0 Å². The van der Waals surface area contributed by atoms with Crippen molar-refractivity contribution in [2.45, 2.75) is 72.4 Å². The summed E-state index contributed by atoms with van der Waals surface area (Å²) in [6.07, 6.45) is 6.24. The maximum Gasteiger partial charge on any atom is 0.0541 e. The minimum absolute atomic E-state index is 0.0797. The second-order valence-corrected chi connectivity index (χ2v) is 7.63. The van der Waals surface area contributed by atoms with E-state index in [1.54, 1.807) is 0 Å². The minimum Gasteiger partial charge on any atom is -0.393 e. The molecule has 0 aromatic carbocycles. The van der Waals surface area contributed by atoms with Gasteiger partial charge < -0.3 is 16.2 Å². The zero-order valence-electron chi connectivity index (χ0n) is 9.99. The maximum absolute atomic E-state index is 9.50. The average Bonchev–Trinajstić information content (AvgIpc) is 2.33. The summed E-state index contributed by atoms with van der Waals surface area (Å²) in [5.41, 5.74) is 6.27. The third kappa shape index (κ3) is 3.66. The number of alkyl halides is 2. The van der Waals surface area contributed by atoms with Crippen molar-refractivity contribution >= 4 is 31.9 Å². The fourth-order valence-corrected chi connectivity index (χ4v) is 4.14. The molecule has 3 nitrogen and oxygen atoms in total. The molecule has 2 aliphatic rings. The van der Waals surface area contributed by atoms with Gasteiger partial charge in [0.2, 0.25) is 0 Å². The molecular formula is C12H22Br2N2O. The predicted molar refractivity (Wildman–Crippen MR) is 77.8 cm³/mol. The SMILES string of the molecule is NC1C(NC2CCC(O)CC2)CCC(Br)C1Br. The van der Waals surface area contributed by atoms with Crippen molar-refractivity contribution in [3.8, 4) is 0 Å².